The van der Waals surface area contributed by atoms with E-state index >= 15 is 0 Å². The van der Waals surface area contributed by atoms with Crippen molar-refractivity contribution in [3.63, 3.8) is 0 Å². The van der Waals surface area contributed by atoms with E-state index in [1.54, 1.807) is 25.1 Å². The summed E-state index contributed by atoms with van der Waals surface area (Å²) in [6.45, 7) is 3.17. The zero-order chi connectivity index (χ0) is 21.8. The van der Waals surface area contributed by atoms with Crippen molar-refractivity contribution in [3.8, 4) is 5.75 Å². The van der Waals surface area contributed by atoms with Gasteiger partial charge in [0, 0.05) is 28.2 Å². The fraction of sp³-hybridized carbons (Fsp3) is 0.227. The van der Waals surface area contributed by atoms with Crippen LogP contribution in [0.15, 0.2) is 51.7 Å². The number of ether oxygens (including phenoxy) is 1. The van der Waals surface area contributed by atoms with Crippen LogP contribution in [0.3, 0.4) is 0 Å². The minimum Gasteiger partial charge on any atom is -0.497 e. The number of nitrogens with one attached hydrogen (secondary N) is 1. The molecule has 8 heteroatoms. The van der Waals surface area contributed by atoms with Gasteiger partial charge < -0.3 is 19.2 Å². The third-order valence-corrected chi connectivity index (χ3v) is 5.20. The fourth-order valence-electron chi connectivity index (χ4n) is 3.75. The Balaban J connectivity index is 2.09. The van der Waals surface area contributed by atoms with Gasteiger partial charge in [0.15, 0.2) is 11.2 Å². The molecule has 0 aliphatic heterocycles. The second-order valence-corrected chi connectivity index (χ2v) is 7.22. The van der Waals surface area contributed by atoms with Crippen LogP contribution in [-0.2, 0) is 5.60 Å². The van der Waals surface area contributed by atoms with Gasteiger partial charge in [-0.25, -0.2) is 0 Å². The number of methoxy groups -OCH3 is 1. The number of H-pyrrole nitrogens is 1. The van der Waals surface area contributed by atoms with Gasteiger partial charge in [0.2, 0.25) is 5.60 Å². The van der Waals surface area contributed by atoms with Gasteiger partial charge in [-0.05, 0) is 44.2 Å². The van der Waals surface area contributed by atoms with E-state index < -0.39 is 28.5 Å². The summed E-state index contributed by atoms with van der Waals surface area (Å²) in [7, 11) is 1.39. The van der Waals surface area contributed by atoms with Crippen molar-refractivity contribution in [1.29, 1.82) is 0 Å². The molecule has 1 atom stereocenters. The molecule has 5 nitrogen and oxygen atoms in total. The Labute approximate surface area is 168 Å². The van der Waals surface area contributed by atoms with Crippen molar-refractivity contribution in [1.82, 2.24) is 4.98 Å². The lowest BCUT2D eigenvalue weighted by Crippen LogP contribution is -2.44. The molecular weight excluding hydrogens is 399 g/mol. The number of hydrogen-bond acceptors (Lipinski definition) is 4. The standard InChI is InChI=1S/C22H18F3NO4/c1-11-4-7-18-15(8-11)17(27)10-19(30-18)21(28,22(23,24)25)20-12(2)26-16-6-5-13(29-3)9-14(16)20/h4-10,26,28H,1-3H3. The molecule has 4 aromatic rings. The van der Waals surface area contributed by atoms with Gasteiger partial charge in [0.05, 0.1) is 12.5 Å². The van der Waals surface area contributed by atoms with Crippen LogP contribution in [0.25, 0.3) is 21.9 Å². The van der Waals surface area contributed by atoms with Gasteiger partial charge >= 0.3 is 6.18 Å². The fourth-order valence-corrected chi connectivity index (χ4v) is 3.75. The van der Waals surface area contributed by atoms with E-state index in [1.807, 2.05) is 0 Å². The minimum atomic E-state index is -5.18. The third-order valence-electron chi connectivity index (χ3n) is 5.20. The first-order valence-corrected chi connectivity index (χ1v) is 9.07. The number of aromatic amines is 1. The quantitative estimate of drug-likeness (QED) is 0.507. The Kier molecular flexibility index (Phi) is 4.43. The van der Waals surface area contributed by atoms with Crippen molar-refractivity contribution in [2.24, 2.45) is 0 Å². The van der Waals surface area contributed by atoms with Gasteiger partial charge in [0.1, 0.15) is 11.3 Å². The van der Waals surface area contributed by atoms with Crippen LogP contribution in [0.5, 0.6) is 5.75 Å². The Hall–Kier alpha value is -3.26. The normalized spacial score (nSPS) is 14.2. The van der Waals surface area contributed by atoms with Crippen LogP contribution >= 0.6 is 0 Å². The van der Waals surface area contributed by atoms with Crippen molar-refractivity contribution in [3.05, 3.63) is 75.3 Å². The van der Waals surface area contributed by atoms with Crippen molar-refractivity contribution in [2.45, 2.75) is 25.6 Å². The molecule has 2 N–H and O–H groups in total. The van der Waals surface area contributed by atoms with Gasteiger partial charge in [-0.2, -0.15) is 13.2 Å². The molecule has 0 aliphatic rings. The third kappa shape index (κ3) is 2.87. The monoisotopic (exact) mass is 417 g/mol. The summed E-state index contributed by atoms with van der Waals surface area (Å²) < 4.78 is 53.7. The first kappa shape index (κ1) is 20.0. The van der Waals surface area contributed by atoms with Crippen molar-refractivity contribution < 1.29 is 27.4 Å². The number of aryl methyl sites for hydroxylation is 2. The highest BCUT2D eigenvalue weighted by atomic mass is 19.4. The maximum atomic E-state index is 14.4. The highest BCUT2D eigenvalue weighted by Gasteiger charge is 2.60. The average Bonchev–Trinajstić information content (AvgIpc) is 3.01. The predicted molar refractivity (Wildman–Crippen MR) is 106 cm³/mol. The number of rotatable bonds is 3. The van der Waals surface area contributed by atoms with Crippen LogP contribution in [0.4, 0.5) is 13.2 Å². The summed E-state index contributed by atoms with van der Waals surface area (Å²) >= 11 is 0. The highest BCUT2D eigenvalue weighted by molar-refractivity contribution is 5.88. The van der Waals surface area contributed by atoms with E-state index in [0.717, 1.165) is 5.56 Å². The molecule has 0 bridgehead atoms. The molecule has 1 unspecified atom stereocenters. The SMILES string of the molecule is COc1ccc2[nH]c(C)c(C(O)(c3cc(=O)c4cc(C)ccc4o3)C(F)(F)F)c2c1. The Morgan fingerprint density at radius 1 is 1.03 bits per heavy atom. The summed E-state index contributed by atoms with van der Waals surface area (Å²) in [5, 5.41) is 11.4. The minimum absolute atomic E-state index is 0.0409. The molecule has 30 heavy (non-hydrogen) atoms. The summed E-state index contributed by atoms with van der Waals surface area (Å²) in [4.78, 5) is 15.4. The molecule has 0 saturated heterocycles. The Morgan fingerprint density at radius 2 is 1.77 bits per heavy atom. The van der Waals surface area contributed by atoms with Crippen LogP contribution in [0.2, 0.25) is 0 Å². The van der Waals surface area contributed by atoms with Crippen LogP contribution in [0.1, 0.15) is 22.6 Å². The topological polar surface area (TPSA) is 75.5 Å². The molecule has 4 rings (SSSR count). The Morgan fingerprint density at radius 3 is 2.43 bits per heavy atom. The number of halogens is 3. The maximum absolute atomic E-state index is 14.4. The van der Waals surface area contributed by atoms with Gasteiger partial charge in [-0.3, -0.25) is 4.79 Å². The zero-order valence-corrected chi connectivity index (χ0v) is 16.3. The zero-order valence-electron chi connectivity index (χ0n) is 16.3. The molecule has 156 valence electrons. The number of fused-ring (bicyclic) bond motifs is 2. The van der Waals surface area contributed by atoms with E-state index in [9.17, 15) is 23.1 Å². The lowest BCUT2D eigenvalue weighted by Gasteiger charge is -2.30. The van der Waals surface area contributed by atoms with Crippen molar-refractivity contribution >= 4 is 21.9 Å². The van der Waals surface area contributed by atoms with Crippen LogP contribution in [0, 0.1) is 13.8 Å². The lowest BCUT2D eigenvalue weighted by molar-refractivity contribution is -0.253. The summed E-state index contributed by atoms with van der Waals surface area (Å²) in [5.74, 6) is -0.578. The number of alkyl halides is 3. The lowest BCUT2D eigenvalue weighted by atomic mass is 9.87. The number of aromatic nitrogens is 1. The molecule has 0 fully saturated rings. The van der Waals surface area contributed by atoms with Crippen molar-refractivity contribution in [2.75, 3.05) is 7.11 Å². The van der Waals surface area contributed by atoms with Gasteiger partial charge in [0.25, 0.3) is 0 Å². The molecule has 0 amide bonds. The molecule has 2 heterocycles. The molecule has 0 spiro atoms. The maximum Gasteiger partial charge on any atom is 0.429 e. The number of benzene rings is 2. The predicted octanol–water partition coefficient (Wildman–Crippen LogP) is 4.70. The summed E-state index contributed by atoms with van der Waals surface area (Å²) in [6, 6.07) is 9.80. The van der Waals surface area contributed by atoms with E-state index in [1.165, 1.54) is 32.2 Å². The van der Waals surface area contributed by atoms with Gasteiger partial charge in [-0.1, -0.05) is 11.6 Å². The molecule has 0 radical (unpaired) electrons. The first-order valence-electron chi connectivity index (χ1n) is 9.07. The second kappa shape index (κ2) is 6.63. The molecule has 0 saturated carbocycles. The Bertz CT molecular complexity index is 1340. The number of aliphatic hydroxyl groups is 1. The summed E-state index contributed by atoms with van der Waals surface area (Å²) in [6.07, 6.45) is -5.18. The van der Waals surface area contributed by atoms with E-state index in [4.69, 9.17) is 9.15 Å². The first-order chi connectivity index (χ1) is 14.1. The highest BCUT2D eigenvalue weighted by Crippen LogP contribution is 2.48. The second-order valence-electron chi connectivity index (χ2n) is 7.22. The molecule has 0 aliphatic carbocycles. The molecule has 2 aromatic carbocycles. The molecular formula is C22H18F3NO4. The largest absolute Gasteiger partial charge is 0.497 e. The van der Waals surface area contributed by atoms with Crippen LogP contribution < -0.4 is 10.2 Å². The number of hydrogen-bond donors (Lipinski definition) is 2. The molecule has 2 aromatic heterocycles. The van der Waals surface area contributed by atoms with E-state index in [0.29, 0.717) is 17.3 Å². The smallest absolute Gasteiger partial charge is 0.429 e. The van der Waals surface area contributed by atoms with E-state index in [-0.39, 0.29) is 22.0 Å². The van der Waals surface area contributed by atoms with Gasteiger partial charge in [-0.15, -0.1) is 0 Å². The van der Waals surface area contributed by atoms with E-state index in [2.05, 4.69) is 4.98 Å². The average molecular weight is 417 g/mol. The summed E-state index contributed by atoms with van der Waals surface area (Å²) in [5.41, 5.74) is -3.49. The van der Waals surface area contributed by atoms with Crippen LogP contribution in [-0.4, -0.2) is 23.4 Å².